The monoisotopic (exact) mass is 461 g/mol. The minimum absolute atomic E-state index is 0.00132. The van der Waals surface area contributed by atoms with Crippen molar-refractivity contribution in [3.8, 4) is 0 Å². The first-order chi connectivity index (χ1) is 16.4. The summed E-state index contributed by atoms with van der Waals surface area (Å²) in [5, 5.41) is 4.15. The van der Waals surface area contributed by atoms with Crippen molar-refractivity contribution in [1.82, 2.24) is 29.3 Å². The topological polar surface area (TPSA) is 96.2 Å². The quantitative estimate of drug-likeness (QED) is 0.541. The maximum absolute atomic E-state index is 12.3. The van der Waals surface area contributed by atoms with Crippen molar-refractivity contribution in [1.29, 1.82) is 0 Å². The van der Waals surface area contributed by atoms with Gasteiger partial charge in [0.1, 0.15) is 5.65 Å². The van der Waals surface area contributed by atoms with Crippen LogP contribution in [0.25, 0.3) is 11.0 Å². The molecule has 178 valence electrons. The van der Waals surface area contributed by atoms with E-state index in [0.29, 0.717) is 24.7 Å². The lowest BCUT2D eigenvalue weighted by molar-refractivity contribution is -0.127. The van der Waals surface area contributed by atoms with Crippen LogP contribution in [-0.2, 0) is 11.3 Å². The second-order valence-corrected chi connectivity index (χ2v) is 8.86. The molecule has 1 amide bonds. The maximum atomic E-state index is 12.3. The minimum Gasteiger partial charge on any atom is -0.348 e. The number of aromatic nitrogens is 4. The molecule has 4 rings (SSSR count). The summed E-state index contributed by atoms with van der Waals surface area (Å²) < 4.78 is 1.68. The fourth-order valence-electron chi connectivity index (χ4n) is 4.15. The van der Waals surface area contributed by atoms with Gasteiger partial charge in [0.05, 0.1) is 11.7 Å². The number of carbonyl (C=O) groups excluding carboxylic acids is 1. The molecule has 1 N–H and O–H groups in total. The number of rotatable bonds is 7. The zero-order chi connectivity index (χ0) is 24.2. The highest BCUT2D eigenvalue weighted by atomic mass is 16.2. The number of hydrogen-bond acceptors (Lipinski definition) is 7. The maximum Gasteiger partial charge on any atom is 0.252 e. The number of nitrogens with one attached hydrogen (secondary N) is 1. The van der Waals surface area contributed by atoms with Crippen LogP contribution in [0.2, 0.25) is 0 Å². The molecular formula is C25H31N7O2. The van der Waals surface area contributed by atoms with Crippen LogP contribution in [-0.4, -0.2) is 61.4 Å². The van der Waals surface area contributed by atoms with Gasteiger partial charge in [0.25, 0.3) is 5.56 Å². The van der Waals surface area contributed by atoms with Crippen molar-refractivity contribution in [3.05, 3.63) is 70.9 Å². The van der Waals surface area contributed by atoms with E-state index >= 15 is 0 Å². The second kappa shape index (κ2) is 10.1. The summed E-state index contributed by atoms with van der Waals surface area (Å²) in [6, 6.07) is 7.34. The molecule has 4 heterocycles. The smallest absolute Gasteiger partial charge is 0.252 e. The highest BCUT2D eigenvalue weighted by Gasteiger charge is 2.20. The van der Waals surface area contributed by atoms with Crippen LogP contribution in [0.15, 0.2) is 54.1 Å². The number of anilines is 1. The SMILES string of the molecule is C=CC(=O)N1CCN(Cc2ccc([C@H](C)Nc3ncc4ccc(=O)n(C(C)C)c4n3)cn2)CC1. The van der Waals surface area contributed by atoms with Crippen LogP contribution in [0.5, 0.6) is 0 Å². The van der Waals surface area contributed by atoms with E-state index in [1.807, 2.05) is 37.9 Å². The lowest BCUT2D eigenvalue weighted by Gasteiger charge is -2.34. The largest absolute Gasteiger partial charge is 0.348 e. The van der Waals surface area contributed by atoms with Crippen LogP contribution in [0, 0.1) is 0 Å². The Balaban J connectivity index is 1.40. The van der Waals surface area contributed by atoms with Gasteiger partial charge in [-0.1, -0.05) is 12.6 Å². The Morgan fingerprint density at radius 3 is 2.50 bits per heavy atom. The van der Waals surface area contributed by atoms with Gasteiger partial charge in [0.15, 0.2) is 0 Å². The van der Waals surface area contributed by atoms with Crippen molar-refractivity contribution in [3.63, 3.8) is 0 Å². The van der Waals surface area contributed by atoms with Crippen LogP contribution in [0.3, 0.4) is 0 Å². The molecule has 9 nitrogen and oxygen atoms in total. The Kier molecular flexibility index (Phi) is 7.02. The Morgan fingerprint density at radius 1 is 1.09 bits per heavy atom. The number of amides is 1. The Bertz CT molecular complexity index is 1230. The molecule has 1 aliphatic heterocycles. The molecule has 1 atom stereocenters. The summed E-state index contributed by atoms with van der Waals surface area (Å²) in [6.45, 7) is 13.3. The standard InChI is InChI=1S/C25H31N7O2/c1-5-22(33)31-12-10-30(11-13-31)16-21-8-6-19(14-26-21)18(4)28-25-27-15-20-7-9-23(34)32(17(2)3)24(20)29-25/h5-9,14-15,17-18H,1,10-13,16H2,2-4H3,(H,27,28,29)/t18-/m0/s1. The summed E-state index contributed by atoms with van der Waals surface area (Å²) in [5.74, 6) is 0.461. The van der Waals surface area contributed by atoms with Crippen molar-refractivity contribution >= 4 is 22.9 Å². The number of hydrogen-bond donors (Lipinski definition) is 1. The normalized spacial score (nSPS) is 15.5. The van der Waals surface area contributed by atoms with E-state index in [1.165, 1.54) is 6.08 Å². The molecule has 0 bridgehead atoms. The summed E-state index contributed by atoms with van der Waals surface area (Å²) in [5.41, 5.74) is 2.55. The van der Waals surface area contributed by atoms with Gasteiger partial charge in [-0.3, -0.25) is 24.0 Å². The third kappa shape index (κ3) is 5.14. The summed E-state index contributed by atoms with van der Waals surface area (Å²) >= 11 is 0. The van der Waals surface area contributed by atoms with E-state index in [0.717, 1.165) is 36.3 Å². The van der Waals surface area contributed by atoms with Crippen LogP contribution in [0.4, 0.5) is 5.95 Å². The first-order valence-corrected chi connectivity index (χ1v) is 11.6. The van der Waals surface area contributed by atoms with Crippen molar-refractivity contribution in [2.24, 2.45) is 0 Å². The molecule has 0 aromatic carbocycles. The molecule has 34 heavy (non-hydrogen) atoms. The van der Waals surface area contributed by atoms with Crippen molar-refractivity contribution in [2.45, 2.75) is 39.4 Å². The first kappa shape index (κ1) is 23.6. The zero-order valence-corrected chi connectivity index (χ0v) is 19.9. The number of piperazine rings is 1. The van der Waals surface area contributed by atoms with Gasteiger partial charge in [-0.05, 0) is 44.5 Å². The molecule has 0 spiro atoms. The summed E-state index contributed by atoms with van der Waals surface area (Å²) in [4.78, 5) is 41.9. The number of nitrogens with zero attached hydrogens (tertiary/aromatic N) is 6. The number of pyridine rings is 2. The van der Waals surface area contributed by atoms with Crippen LogP contribution in [0.1, 0.15) is 44.1 Å². The van der Waals surface area contributed by atoms with Gasteiger partial charge in [-0.25, -0.2) is 4.98 Å². The first-order valence-electron chi connectivity index (χ1n) is 11.6. The van der Waals surface area contributed by atoms with E-state index in [9.17, 15) is 9.59 Å². The predicted octanol–water partition coefficient (Wildman–Crippen LogP) is 2.77. The third-order valence-electron chi connectivity index (χ3n) is 6.12. The Morgan fingerprint density at radius 2 is 1.85 bits per heavy atom. The van der Waals surface area contributed by atoms with Crippen molar-refractivity contribution < 1.29 is 4.79 Å². The molecule has 0 aliphatic carbocycles. The fraction of sp³-hybridized carbons (Fsp3) is 0.400. The molecule has 3 aromatic rings. The lowest BCUT2D eigenvalue weighted by Crippen LogP contribution is -2.47. The van der Waals surface area contributed by atoms with Gasteiger partial charge < -0.3 is 10.2 Å². The van der Waals surface area contributed by atoms with E-state index in [1.54, 1.807) is 22.9 Å². The predicted molar refractivity (Wildman–Crippen MR) is 133 cm³/mol. The molecule has 3 aromatic heterocycles. The number of carbonyl (C=O) groups is 1. The zero-order valence-electron chi connectivity index (χ0n) is 19.9. The van der Waals surface area contributed by atoms with E-state index in [2.05, 4.69) is 37.8 Å². The molecule has 9 heteroatoms. The average Bonchev–Trinajstić information content (AvgIpc) is 2.84. The van der Waals surface area contributed by atoms with Gasteiger partial charge in [0, 0.05) is 62.6 Å². The lowest BCUT2D eigenvalue weighted by atomic mass is 10.1. The molecule has 0 unspecified atom stereocenters. The Labute approximate surface area is 199 Å². The molecular weight excluding hydrogens is 430 g/mol. The van der Waals surface area contributed by atoms with Gasteiger partial charge >= 0.3 is 0 Å². The van der Waals surface area contributed by atoms with Gasteiger partial charge in [0.2, 0.25) is 11.9 Å². The Hall–Kier alpha value is -3.59. The van der Waals surface area contributed by atoms with E-state index < -0.39 is 0 Å². The molecule has 0 radical (unpaired) electrons. The summed E-state index contributed by atoms with van der Waals surface area (Å²) in [6.07, 6.45) is 4.98. The fourth-order valence-corrected chi connectivity index (χ4v) is 4.15. The minimum atomic E-state index is -0.0753. The van der Waals surface area contributed by atoms with Crippen LogP contribution < -0.4 is 10.9 Å². The van der Waals surface area contributed by atoms with Gasteiger partial charge in [-0.15, -0.1) is 0 Å². The van der Waals surface area contributed by atoms with Crippen LogP contribution >= 0.6 is 0 Å². The molecule has 1 fully saturated rings. The molecule has 1 aliphatic rings. The van der Waals surface area contributed by atoms with Gasteiger partial charge in [-0.2, -0.15) is 4.98 Å². The van der Waals surface area contributed by atoms with Crippen molar-refractivity contribution in [2.75, 3.05) is 31.5 Å². The van der Waals surface area contributed by atoms with E-state index in [4.69, 9.17) is 0 Å². The summed E-state index contributed by atoms with van der Waals surface area (Å²) in [7, 11) is 0. The number of fused-ring (bicyclic) bond motifs is 1. The molecule has 1 saturated heterocycles. The molecule has 0 saturated carbocycles. The van der Waals surface area contributed by atoms with E-state index in [-0.39, 0.29) is 23.6 Å². The highest BCUT2D eigenvalue weighted by Crippen LogP contribution is 2.19. The second-order valence-electron chi connectivity index (χ2n) is 8.86. The average molecular weight is 462 g/mol. The third-order valence-corrected chi connectivity index (χ3v) is 6.12. The highest BCUT2D eigenvalue weighted by molar-refractivity contribution is 5.87.